The van der Waals surface area contributed by atoms with Crippen molar-refractivity contribution in [1.29, 1.82) is 0 Å². The highest BCUT2D eigenvalue weighted by Gasteiger charge is 1.90. The van der Waals surface area contributed by atoms with Crippen LogP contribution >= 0.6 is 0 Å². The number of hydrogen-bond donors (Lipinski definition) is 2. The minimum absolute atomic E-state index is 0.220. The van der Waals surface area contributed by atoms with Gasteiger partial charge in [-0.1, -0.05) is 39.0 Å². The molecule has 0 amide bonds. The Kier molecular flexibility index (Phi) is 13.8. The van der Waals surface area contributed by atoms with E-state index in [4.69, 9.17) is 9.84 Å². The zero-order valence-corrected chi connectivity index (χ0v) is 10.1. The van der Waals surface area contributed by atoms with Gasteiger partial charge in [-0.3, -0.25) is 5.32 Å². The summed E-state index contributed by atoms with van der Waals surface area (Å²) >= 11 is 0. The highest BCUT2D eigenvalue weighted by atomic mass is 16.5. The van der Waals surface area contributed by atoms with E-state index in [1.54, 1.807) is 0 Å². The van der Waals surface area contributed by atoms with E-state index in [1.807, 2.05) is 0 Å². The largest absolute Gasteiger partial charge is 0.396 e. The smallest absolute Gasteiger partial charge is 0.0965 e. The second kappa shape index (κ2) is 13.9. The topological polar surface area (TPSA) is 41.5 Å². The first-order chi connectivity index (χ1) is 7.41. The minimum Gasteiger partial charge on any atom is -0.396 e. The first-order valence-electron chi connectivity index (χ1n) is 6.31. The van der Waals surface area contributed by atoms with Gasteiger partial charge in [0.2, 0.25) is 0 Å². The molecule has 3 heteroatoms. The Hall–Kier alpha value is -0.120. The predicted molar refractivity (Wildman–Crippen MR) is 63.9 cm³/mol. The molecule has 0 aliphatic carbocycles. The van der Waals surface area contributed by atoms with Gasteiger partial charge >= 0.3 is 0 Å². The molecule has 0 aromatic carbocycles. The van der Waals surface area contributed by atoms with Gasteiger partial charge in [-0.05, 0) is 19.4 Å². The van der Waals surface area contributed by atoms with E-state index in [0.29, 0.717) is 13.3 Å². The number of aliphatic hydroxyl groups excluding tert-OH is 1. The predicted octanol–water partition coefficient (Wildman–Crippen LogP) is 2.29. The summed E-state index contributed by atoms with van der Waals surface area (Å²) in [6, 6.07) is 0. The van der Waals surface area contributed by atoms with Gasteiger partial charge in [0.15, 0.2) is 0 Å². The fraction of sp³-hybridized carbons (Fsp3) is 1.00. The van der Waals surface area contributed by atoms with Crippen LogP contribution < -0.4 is 5.32 Å². The maximum atomic E-state index is 8.51. The average molecular weight is 217 g/mol. The van der Waals surface area contributed by atoms with Crippen molar-refractivity contribution in [3.8, 4) is 0 Å². The van der Waals surface area contributed by atoms with E-state index < -0.39 is 0 Å². The SMILES string of the molecule is CCCCCCCCNCOCCCO. The van der Waals surface area contributed by atoms with Crippen LogP contribution in [0.15, 0.2) is 0 Å². The molecule has 0 saturated carbocycles. The first-order valence-corrected chi connectivity index (χ1v) is 6.31. The lowest BCUT2D eigenvalue weighted by Crippen LogP contribution is -2.19. The molecule has 0 spiro atoms. The minimum atomic E-state index is 0.220. The molecule has 0 aromatic rings. The molecule has 0 bridgehead atoms. The molecule has 0 heterocycles. The van der Waals surface area contributed by atoms with Crippen LogP contribution in [0, 0.1) is 0 Å². The molecule has 92 valence electrons. The number of hydrogen-bond acceptors (Lipinski definition) is 3. The van der Waals surface area contributed by atoms with Gasteiger partial charge in [0.25, 0.3) is 0 Å². The van der Waals surface area contributed by atoms with Crippen molar-refractivity contribution in [1.82, 2.24) is 5.32 Å². The zero-order chi connectivity index (χ0) is 11.2. The Labute approximate surface area is 94.2 Å². The van der Waals surface area contributed by atoms with Crippen molar-refractivity contribution in [2.45, 2.75) is 51.9 Å². The fourth-order valence-electron chi connectivity index (χ4n) is 1.41. The molecule has 0 atom stereocenters. The van der Waals surface area contributed by atoms with Crippen molar-refractivity contribution in [3.05, 3.63) is 0 Å². The van der Waals surface area contributed by atoms with E-state index in [9.17, 15) is 0 Å². The zero-order valence-electron chi connectivity index (χ0n) is 10.1. The van der Waals surface area contributed by atoms with E-state index in [-0.39, 0.29) is 6.61 Å². The highest BCUT2D eigenvalue weighted by Crippen LogP contribution is 2.03. The summed E-state index contributed by atoms with van der Waals surface area (Å²) in [5.74, 6) is 0. The van der Waals surface area contributed by atoms with Crippen LogP contribution in [0.25, 0.3) is 0 Å². The number of nitrogens with one attached hydrogen (secondary N) is 1. The van der Waals surface area contributed by atoms with Gasteiger partial charge in [0.05, 0.1) is 13.3 Å². The van der Waals surface area contributed by atoms with Crippen molar-refractivity contribution < 1.29 is 9.84 Å². The van der Waals surface area contributed by atoms with E-state index >= 15 is 0 Å². The molecular weight excluding hydrogens is 190 g/mol. The van der Waals surface area contributed by atoms with Crippen molar-refractivity contribution in [3.63, 3.8) is 0 Å². The quantitative estimate of drug-likeness (QED) is 0.389. The number of aliphatic hydroxyl groups is 1. The number of unbranched alkanes of at least 4 members (excludes halogenated alkanes) is 5. The van der Waals surface area contributed by atoms with Crippen LogP contribution in [0.5, 0.6) is 0 Å². The lowest BCUT2D eigenvalue weighted by Gasteiger charge is -2.05. The van der Waals surface area contributed by atoms with Gasteiger partial charge in [0.1, 0.15) is 0 Å². The summed E-state index contributed by atoms with van der Waals surface area (Å²) in [6.45, 7) is 4.78. The molecule has 0 aliphatic heterocycles. The fourth-order valence-corrected chi connectivity index (χ4v) is 1.41. The Bertz CT molecular complexity index is 97.8. The molecule has 0 aliphatic rings. The van der Waals surface area contributed by atoms with E-state index in [0.717, 1.165) is 13.0 Å². The average Bonchev–Trinajstić information content (AvgIpc) is 2.26. The second-order valence-corrected chi connectivity index (χ2v) is 3.90. The summed E-state index contributed by atoms with van der Waals surface area (Å²) in [4.78, 5) is 0. The monoisotopic (exact) mass is 217 g/mol. The Morgan fingerprint density at radius 3 is 2.47 bits per heavy atom. The first kappa shape index (κ1) is 14.9. The third kappa shape index (κ3) is 13.9. The van der Waals surface area contributed by atoms with Gasteiger partial charge < -0.3 is 9.84 Å². The maximum absolute atomic E-state index is 8.51. The van der Waals surface area contributed by atoms with E-state index in [2.05, 4.69) is 12.2 Å². The number of rotatable bonds is 12. The summed E-state index contributed by atoms with van der Waals surface area (Å²) in [6.07, 6.45) is 8.73. The standard InChI is InChI=1S/C12H27NO2/c1-2-3-4-5-6-7-9-13-12-15-11-8-10-14/h13-14H,2-12H2,1H3. The van der Waals surface area contributed by atoms with Gasteiger partial charge in [-0.2, -0.15) is 0 Å². The third-order valence-electron chi connectivity index (χ3n) is 2.36. The molecule has 0 unspecified atom stereocenters. The Morgan fingerprint density at radius 1 is 1.00 bits per heavy atom. The van der Waals surface area contributed by atoms with Crippen molar-refractivity contribution in [2.75, 3.05) is 26.5 Å². The molecule has 0 radical (unpaired) electrons. The Balaban J connectivity index is 2.81. The third-order valence-corrected chi connectivity index (χ3v) is 2.36. The van der Waals surface area contributed by atoms with Gasteiger partial charge in [-0.15, -0.1) is 0 Å². The van der Waals surface area contributed by atoms with Crippen molar-refractivity contribution >= 4 is 0 Å². The van der Waals surface area contributed by atoms with Crippen LogP contribution in [0.4, 0.5) is 0 Å². The second-order valence-electron chi connectivity index (χ2n) is 3.90. The molecule has 0 aromatic heterocycles. The van der Waals surface area contributed by atoms with Crippen molar-refractivity contribution in [2.24, 2.45) is 0 Å². The van der Waals surface area contributed by atoms with Gasteiger partial charge in [0, 0.05) is 6.61 Å². The maximum Gasteiger partial charge on any atom is 0.0965 e. The molecule has 2 N–H and O–H groups in total. The van der Waals surface area contributed by atoms with Crippen LogP contribution in [0.1, 0.15) is 51.9 Å². The van der Waals surface area contributed by atoms with E-state index in [1.165, 1.54) is 38.5 Å². The summed E-state index contributed by atoms with van der Waals surface area (Å²) < 4.78 is 5.25. The summed E-state index contributed by atoms with van der Waals surface area (Å²) in [7, 11) is 0. The lowest BCUT2D eigenvalue weighted by atomic mass is 10.1. The molecule has 0 rings (SSSR count). The van der Waals surface area contributed by atoms with Crippen LogP contribution in [-0.2, 0) is 4.74 Å². The molecule has 0 saturated heterocycles. The normalized spacial score (nSPS) is 10.8. The van der Waals surface area contributed by atoms with Crippen LogP contribution in [0.3, 0.4) is 0 Å². The Morgan fingerprint density at radius 2 is 1.73 bits per heavy atom. The lowest BCUT2D eigenvalue weighted by molar-refractivity contribution is 0.101. The summed E-state index contributed by atoms with van der Waals surface area (Å²) in [5.41, 5.74) is 0. The van der Waals surface area contributed by atoms with Crippen LogP contribution in [0.2, 0.25) is 0 Å². The van der Waals surface area contributed by atoms with Gasteiger partial charge in [-0.25, -0.2) is 0 Å². The number of ether oxygens (including phenoxy) is 1. The summed E-state index contributed by atoms with van der Waals surface area (Å²) in [5, 5.41) is 11.7. The molecule has 15 heavy (non-hydrogen) atoms. The molecule has 3 nitrogen and oxygen atoms in total. The molecular formula is C12H27NO2. The molecule has 0 fully saturated rings. The van der Waals surface area contributed by atoms with Crippen LogP contribution in [-0.4, -0.2) is 31.6 Å². The highest BCUT2D eigenvalue weighted by molar-refractivity contribution is 4.46.